The molecule has 0 unspecified atom stereocenters. The fourth-order valence-corrected chi connectivity index (χ4v) is 2.99. The normalized spacial score (nSPS) is 10.5. The molecule has 0 fully saturated rings. The first-order valence-corrected chi connectivity index (χ1v) is 9.45. The lowest BCUT2D eigenvalue weighted by atomic mass is 10.1. The van der Waals surface area contributed by atoms with E-state index in [4.69, 9.17) is 11.6 Å². The van der Waals surface area contributed by atoms with Crippen LogP contribution in [0.3, 0.4) is 0 Å². The Balaban J connectivity index is 1.44. The van der Waals surface area contributed by atoms with Crippen LogP contribution in [0.15, 0.2) is 66.9 Å². The summed E-state index contributed by atoms with van der Waals surface area (Å²) in [6, 6.07) is 17.8. The van der Waals surface area contributed by atoms with Crippen molar-refractivity contribution in [3.05, 3.63) is 94.5 Å². The number of nitrogens with zero attached hydrogens (tertiary/aromatic N) is 1. The van der Waals surface area contributed by atoms with Gasteiger partial charge in [-0.2, -0.15) is 0 Å². The van der Waals surface area contributed by atoms with Gasteiger partial charge >= 0.3 is 0 Å². The lowest BCUT2D eigenvalue weighted by Gasteiger charge is -2.08. The van der Waals surface area contributed by atoms with Crippen molar-refractivity contribution in [1.29, 1.82) is 0 Å². The van der Waals surface area contributed by atoms with E-state index < -0.39 is 0 Å². The molecule has 0 bridgehead atoms. The summed E-state index contributed by atoms with van der Waals surface area (Å²) in [7, 11) is 0. The Kier molecular flexibility index (Phi) is 6.98. The van der Waals surface area contributed by atoms with Crippen LogP contribution in [0.25, 0.3) is 0 Å². The number of nitrogens with one attached hydrogen (secondary N) is 2. The summed E-state index contributed by atoms with van der Waals surface area (Å²) in [6.45, 7) is 1.08. The number of anilines is 1. The Morgan fingerprint density at radius 1 is 1.00 bits per heavy atom. The molecule has 1 amide bonds. The molecule has 0 saturated heterocycles. The average molecular weight is 398 g/mol. The van der Waals surface area contributed by atoms with E-state index >= 15 is 0 Å². The minimum Gasteiger partial charge on any atom is -0.383 e. The van der Waals surface area contributed by atoms with Gasteiger partial charge in [0.15, 0.2) is 0 Å². The number of rotatable bonds is 8. The Morgan fingerprint density at radius 2 is 1.86 bits per heavy atom. The van der Waals surface area contributed by atoms with E-state index in [2.05, 4.69) is 15.6 Å². The molecule has 0 spiro atoms. The number of benzene rings is 2. The fraction of sp³-hybridized carbons (Fsp3) is 0.182. The van der Waals surface area contributed by atoms with Gasteiger partial charge in [-0.05, 0) is 54.3 Å². The van der Waals surface area contributed by atoms with E-state index in [0.29, 0.717) is 24.2 Å². The summed E-state index contributed by atoms with van der Waals surface area (Å²) >= 11 is 5.98. The SMILES string of the molecule is O=C(NCCc1ccccc1F)c1ccc(NCCc2cccc(Cl)c2)cn1. The monoisotopic (exact) mass is 397 g/mol. The van der Waals surface area contributed by atoms with Crippen molar-refractivity contribution in [2.24, 2.45) is 0 Å². The number of amides is 1. The molecular weight excluding hydrogens is 377 g/mol. The molecule has 0 aliphatic heterocycles. The van der Waals surface area contributed by atoms with Crippen LogP contribution in [0.5, 0.6) is 0 Å². The first-order chi connectivity index (χ1) is 13.6. The molecular formula is C22H21ClFN3O. The maximum absolute atomic E-state index is 13.6. The van der Waals surface area contributed by atoms with Crippen molar-refractivity contribution < 1.29 is 9.18 Å². The zero-order valence-electron chi connectivity index (χ0n) is 15.3. The third-order valence-corrected chi connectivity index (χ3v) is 4.50. The van der Waals surface area contributed by atoms with E-state index in [9.17, 15) is 9.18 Å². The second kappa shape index (κ2) is 9.85. The van der Waals surface area contributed by atoms with E-state index in [0.717, 1.165) is 29.2 Å². The summed E-state index contributed by atoms with van der Waals surface area (Å²) in [4.78, 5) is 16.4. The highest BCUT2D eigenvalue weighted by Gasteiger charge is 2.07. The highest BCUT2D eigenvalue weighted by Crippen LogP contribution is 2.12. The first-order valence-electron chi connectivity index (χ1n) is 9.08. The van der Waals surface area contributed by atoms with Crippen LogP contribution < -0.4 is 10.6 Å². The number of hydrogen-bond donors (Lipinski definition) is 2. The molecule has 0 aliphatic rings. The number of halogens is 2. The van der Waals surface area contributed by atoms with Gasteiger partial charge < -0.3 is 10.6 Å². The predicted octanol–water partition coefficient (Wildman–Crippen LogP) is 4.50. The van der Waals surface area contributed by atoms with E-state index in [1.807, 2.05) is 30.3 Å². The molecule has 28 heavy (non-hydrogen) atoms. The van der Waals surface area contributed by atoms with Crippen LogP contribution in [0.2, 0.25) is 5.02 Å². The molecule has 2 N–H and O–H groups in total. The summed E-state index contributed by atoms with van der Waals surface area (Å²) in [5, 5.41) is 6.76. The van der Waals surface area contributed by atoms with Crippen molar-refractivity contribution in [2.75, 3.05) is 18.4 Å². The molecule has 0 aliphatic carbocycles. The first kappa shape index (κ1) is 19.8. The van der Waals surface area contributed by atoms with E-state index in [1.54, 1.807) is 30.5 Å². The van der Waals surface area contributed by atoms with Gasteiger partial charge in [0.25, 0.3) is 5.91 Å². The van der Waals surface area contributed by atoms with Gasteiger partial charge in [-0.1, -0.05) is 41.9 Å². The molecule has 144 valence electrons. The van der Waals surface area contributed by atoms with Crippen molar-refractivity contribution in [3.8, 4) is 0 Å². The van der Waals surface area contributed by atoms with Crippen LogP contribution in [0.4, 0.5) is 10.1 Å². The third kappa shape index (κ3) is 5.79. The molecule has 0 radical (unpaired) electrons. The maximum Gasteiger partial charge on any atom is 0.269 e. The summed E-state index contributed by atoms with van der Waals surface area (Å²) in [6.07, 6.45) is 2.89. The second-order valence-electron chi connectivity index (χ2n) is 6.34. The molecule has 3 aromatic rings. The molecule has 2 aromatic carbocycles. The molecule has 1 aromatic heterocycles. The number of aromatic nitrogens is 1. The van der Waals surface area contributed by atoms with Gasteiger partial charge in [0, 0.05) is 18.1 Å². The Morgan fingerprint density at radius 3 is 2.61 bits per heavy atom. The zero-order chi connectivity index (χ0) is 19.8. The molecule has 4 nitrogen and oxygen atoms in total. The fourth-order valence-electron chi connectivity index (χ4n) is 2.78. The Hall–Kier alpha value is -2.92. The number of carbonyl (C=O) groups is 1. The minimum atomic E-state index is -0.276. The lowest BCUT2D eigenvalue weighted by molar-refractivity contribution is 0.0949. The quantitative estimate of drug-likeness (QED) is 0.588. The van der Waals surface area contributed by atoms with Crippen LogP contribution >= 0.6 is 11.6 Å². The van der Waals surface area contributed by atoms with Gasteiger partial charge in [0.1, 0.15) is 11.5 Å². The van der Waals surface area contributed by atoms with Gasteiger partial charge in [-0.3, -0.25) is 4.79 Å². The summed E-state index contributed by atoms with van der Waals surface area (Å²) < 4.78 is 13.6. The minimum absolute atomic E-state index is 0.261. The zero-order valence-corrected chi connectivity index (χ0v) is 16.0. The lowest BCUT2D eigenvalue weighted by Crippen LogP contribution is -2.26. The van der Waals surface area contributed by atoms with Crippen LogP contribution in [-0.4, -0.2) is 24.0 Å². The standard InChI is InChI=1S/C22H21ClFN3O/c23-18-6-3-4-16(14-18)10-12-25-19-8-9-21(27-15-19)22(28)26-13-11-17-5-1-2-7-20(17)24/h1-9,14-15,25H,10-13H2,(H,26,28). The van der Waals surface area contributed by atoms with Crippen molar-refractivity contribution in [1.82, 2.24) is 10.3 Å². The van der Waals surface area contributed by atoms with Crippen LogP contribution in [0.1, 0.15) is 21.6 Å². The third-order valence-electron chi connectivity index (χ3n) is 4.27. The average Bonchev–Trinajstić information content (AvgIpc) is 2.70. The molecule has 1 heterocycles. The summed E-state index contributed by atoms with van der Waals surface area (Å²) in [5.74, 6) is -0.537. The summed E-state index contributed by atoms with van der Waals surface area (Å²) in [5.41, 5.74) is 2.90. The van der Waals surface area contributed by atoms with Crippen molar-refractivity contribution >= 4 is 23.2 Å². The van der Waals surface area contributed by atoms with Crippen LogP contribution in [0, 0.1) is 5.82 Å². The largest absolute Gasteiger partial charge is 0.383 e. The molecule has 0 saturated carbocycles. The predicted molar refractivity (Wildman–Crippen MR) is 110 cm³/mol. The van der Waals surface area contributed by atoms with Gasteiger partial charge in [0.05, 0.1) is 11.9 Å². The molecule has 0 atom stereocenters. The molecule has 3 rings (SSSR count). The topological polar surface area (TPSA) is 54.0 Å². The van der Waals surface area contributed by atoms with Crippen molar-refractivity contribution in [2.45, 2.75) is 12.8 Å². The van der Waals surface area contributed by atoms with Gasteiger partial charge in [-0.25, -0.2) is 9.37 Å². The van der Waals surface area contributed by atoms with E-state index in [-0.39, 0.29) is 11.7 Å². The number of hydrogen-bond acceptors (Lipinski definition) is 3. The Bertz CT molecular complexity index is 931. The Labute approximate surface area is 168 Å². The highest BCUT2D eigenvalue weighted by molar-refractivity contribution is 6.30. The number of carbonyl (C=O) groups excluding carboxylic acids is 1. The van der Waals surface area contributed by atoms with E-state index in [1.165, 1.54) is 6.07 Å². The highest BCUT2D eigenvalue weighted by atomic mass is 35.5. The van der Waals surface area contributed by atoms with Gasteiger partial charge in [0.2, 0.25) is 0 Å². The van der Waals surface area contributed by atoms with Crippen LogP contribution in [-0.2, 0) is 12.8 Å². The molecule has 6 heteroatoms. The maximum atomic E-state index is 13.6. The van der Waals surface area contributed by atoms with Crippen molar-refractivity contribution in [3.63, 3.8) is 0 Å². The number of pyridine rings is 1. The smallest absolute Gasteiger partial charge is 0.269 e. The van der Waals surface area contributed by atoms with Gasteiger partial charge in [-0.15, -0.1) is 0 Å². The second-order valence-corrected chi connectivity index (χ2v) is 6.77.